The maximum atomic E-state index is 12.9. The van der Waals surface area contributed by atoms with Gasteiger partial charge in [0, 0.05) is 28.5 Å². The number of rotatable bonds is 7. The number of nitriles is 1. The number of fused-ring (bicyclic) bond motifs is 1. The Morgan fingerprint density at radius 1 is 1.07 bits per heavy atom. The van der Waals surface area contributed by atoms with Crippen LogP contribution in [0.5, 0.6) is 0 Å². The van der Waals surface area contributed by atoms with Gasteiger partial charge in [0.05, 0.1) is 24.7 Å². The molecule has 2 aromatic heterocycles. The van der Waals surface area contributed by atoms with Gasteiger partial charge in [-0.05, 0) is 85.0 Å². The van der Waals surface area contributed by atoms with E-state index in [1.807, 2.05) is 38.1 Å². The molecule has 1 aliphatic heterocycles. The Bertz CT molecular complexity index is 1900. The molecule has 2 amide bonds. The van der Waals surface area contributed by atoms with Crippen LogP contribution in [0.4, 0.5) is 10.6 Å². The van der Waals surface area contributed by atoms with E-state index in [0.29, 0.717) is 39.5 Å². The van der Waals surface area contributed by atoms with Gasteiger partial charge in [0.25, 0.3) is 5.91 Å². The van der Waals surface area contributed by atoms with E-state index in [-0.39, 0.29) is 24.9 Å². The number of carbonyl (C=O) groups is 2. The third-order valence-corrected chi connectivity index (χ3v) is 7.82. The maximum Gasteiger partial charge on any atom is 0.416 e. The van der Waals surface area contributed by atoms with Crippen molar-refractivity contribution in [1.82, 2.24) is 15.3 Å². The summed E-state index contributed by atoms with van der Waals surface area (Å²) in [6.45, 7) is 8.64. The Morgan fingerprint density at radius 2 is 1.80 bits per heavy atom. The Morgan fingerprint density at radius 3 is 2.45 bits per heavy atom. The summed E-state index contributed by atoms with van der Waals surface area (Å²) >= 11 is 0. The van der Waals surface area contributed by atoms with Crippen LogP contribution in [0.2, 0.25) is 0 Å². The topological polar surface area (TPSA) is 121 Å². The van der Waals surface area contributed by atoms with Crippen molar-refractivity contribution in [3.63, 3.8) is 0 Å². The summed E-state index contributed by atoms with van der Waals surface area (Å²) in [6.07, 6.45) is 0.755. The number of nitrogens with one attached hydrogen (secondary N) is 1. The van der Waals surface area contributed by atoms with Crippen LogP contribution in [-0.4, -0.2) is 41.2 Å². The predicted octanol–water partition coefficient (Wildman–Crippen LogP) is 6.92. The first kappa shape index (κ1) is 28.6. The molecule has 1 atom stereocenters. The van der Waals surface area contributed by atoms with Crippen molar-refractivity contribution in [3.8, 4) is 28.7 Å². The minimum atomic E-state index is -0.515. The van der Waals surface area contributed by atoms with E-state index in [1.165, 1.54) is 4.90 Å². The standard InChI is InChI=1S/C35H31N5O4/c1-20(2)28-14-23(16-36)15-29-32(28)44-34(39-29)25-10-8-24(9-11-25)33(41)38-18-27-19-40(35(42)43-27)30-13-12-26(17-37-30)31-21(3)6-5-7-22(31)4/h5-15,17,20,27H,18-19H2,1-4H3,(H,38,41). The summed E-state index contributed by atoms with van der Waals surface area (Å²) in [4.78, 5) is 36.1. The number of amides is 2. The molecule has 0 saturated carbocycles. The zero-order valence-corrected chi connectivity index (χ0v) is 24.9. The zero-order chi connectivity index (χ0) is 31.0. The van der Waals surface area contributed by atoms with Crippen molar-refractivity contribution in [2.45, 2.75) is 39.7 Å². The van der Waals surface area contributed by atoms with Crippen LogP contribution >= 0.6 is 0 Å². The lowest BCUT2D eigenvalue weighted by atomic mass is 9.97. The van der Waals surface area contributed by atoms with Crippen LogP contribution in [0.1, 0.15) is 52.4 Å². The molecule has 1 aliphatic rings. The second kappa shape index (κ2) is 11.7. The number of benzene rings is 3. The average Bonchev–Trinajstić information content (AvgIpc) is 3.63. The summed E-state index contributed by atoms with van der Waals surface area (Å²) < 4.78 is 11.6. The van der Waals surface area contributed by atoms with Gasteiger partial charge in [0.1, 0.15) is 17.4 Å². The number of nitrogens with zero attached hydrogens (tertiary/aromatic N) is 4. The maximum absolute atomic E-state index is 12.9. The molecular weight excluding hydrogens is 554 g/mol. The summed E-state index contributed by atoms with van der Waals surface area (Å²) in [5.74, 6) is 0.782. The molecule has 3 aromatic carbocycles. The molecule has 9 nitrogen and oxygen atoms in total. The largest absolute Gasteiger partial charge is 0.442 e. The van der Waals surface area contributed by atoms with Crippen molar-refractivity contribution in [3.05, 3.63) is 101 Å². The third kappa shape index (κ3) is 5.50. The number of ether oxygens (including phenoxy) is 1. The number of hydrogen-bond donors (Lipinski definition) is 1. The van der Waals surface area contributed by atoms with E-state index >= 15 is 0 Å². The van der Waals surface area contributed by atoms with Gasteiger partial charge in [-0.25, -0.2) is 14.8 Å². The lowest BCUT2D eigenvalue weighted by Crippen LogP contribution is -2.34. The Labute approximate surface area is 255 Å². The van der Waals surface area contributed by atoms with Gasteiger partial charge in [-0.1, -0.05) is 32.0 Å². The zero-order valence-electron chi connectivity index (χ0n) is 24.9. The molecule has 44 heavy (non-hydrogen) atoms. The highest BCUT2D eigenvalue weighted by molar-refractivity contribution is 5.95. The number of carbonyl (C=O) groups excluding carboxylic acids is 2. The molecule has 0 aliphatic carbocycles. The van der Waals surface area contributed by atoms with Crippen LogP contribution in [0, 0.1) is 25.2 Å². The first-order valence-electron chi connectivity index (χ1n) is 14.5. The third-order valence-electron chi connectivity index (χ3n) is 7.82. The van der Waals surface area contributed by atoms with Crippen LogP contribution in [0.25, 0.3) is 33.7 Å². The van der Waals surface area contributed by atoms with E-state index in [9.17, 15) is 14.9 Å². The molecule has 1 unspecified atom stereocenters. The van der Waals surface area contributed by atoms with Gasteiger partial charge in [-0.2, -0.15) is 5.26 Å². The van der Waals surface area contributed by atoms with E-state index in [0.717, 1.165) is 27.8 Å². The molecule has 1 saturated heterocycles. The molecular formula is C35H31N5O4. The van der Waals surface area contributed by atoms with Gasteiger partial charge >= 0.3 is 6.09 Å². The smallest absolute Gasteiger partial charge is 0.416 e. The number of oxazole rings is 1. The average molecular weight is 586 g/mol. The molecule has 3 heterocycles. The Kier molecular flexibility index (Phi) is 7.58. The van der Waals surface area contributed by atoms with Crippen molar-refractivity contribution in [2.75, 3.05) is 18.0 Å². The molecule has 0 spiro atoms. The van der Waals surface area contributed by atoms with Crippen molar-refractivity contribution in [2.24, 2.45) is 0 Å². The highest BCUT2D eigenvalue weighted by atomic mass is 16.6. The van der Waals surface area contributed by atoms with Crippen LogP contribution in [-0.2, 0) is 4.74 Å². The predicted molar refractivity (Wildman–Crippen MR) is 167 cm³/mol. The van der Waals surface area contributed by atoms with Crippen molar-refractivity contribution in [1.29, 1.82) is 5.26 Å². The molecule has 9 heteroatoms. The van der Waals surface area contributed by atoms with E-state index in [4.69, 9.17) is 9.15 Å². The molecule has 6 rings (SSSR count). The fourth-order valence-electron chi connectivity index (χ4n) is 5.53. The minimum absolute atomic E-state index is 0.160. The molecule has 0 bridgehead atoms. The summed E-state index contributed by atoms with van der Waals surface area (Å²) in [6, 6.07) is 22.6. The monoisotopic (exact) mass is 585 g/mol. The van der Waals surface area contributed by atoms with Gasteiger partial charge in [-0.15, -0.1) is 0 Å². The lowest BCUT2D eigenvalue weighted by Gasteiger charge is -2.14. The van der Waals surface area contributed by atoms with Gasteiger partial charge in [0.15, 0.2) is 5.58 Å². The SMILES string of the molecule is Cc1cccc(C)c1-c1ccc(N2CC(CNC(=O)c3ccc(-c4nc5cc(C#N)cc(C(C)C)c5o4)cc3)OC2=O)nc1. The molecule has 1 N–H and O–H groups in total. The number of pyridine rings is 1. The molecule has 5 aromatic rings. The van der Waals surface area contributed by atoms with E-state index < -0.39 is 12.2 Å². The van der Waals surface area contributed by atoms with Crippen LogP contribution in [0.15, 0.2) is 77.3 Å². The lowest BCUT2D eigenvalue weighted by molar-refractivity contribution is 0.0916. The summed E-state index contributed by atoms with van der Waals surface area (Å²) in [5, 5.41) is 12.2. The normalized spacial score (nSPS) is 14.6. The van der Waals surface area contributed by atoms with Gasteiger partial charge in [-0.3, -0.25) is 9.69 Å². The highest BCUT2D eigenvalue weighted by Gasteiger charge is 2.33. The molecule has 0 radical (unpaired) electrons. The van der Waals surface area contributed by atoms with Crippen molar-refractivity contribution < 1.29 is 18.7 Å². The van der Waals surface area contributed by atoms with Gasteiger partial charge in [0.2, 0.25) is 5.89 Å². The minimum Gasteiger partial charge on any atom is -0.442 e. The summed E-state index contributed by atoms with van der Waals surface area (Å²) in [5.41, 5.74) is 8.33. The number of hydrogen-bond acceptors (Lipinski definition) is 7. The molecule has 220 valence electrons. The fourth-order valence-corrected chi connectivity index (χ4v) is 5.53. The number of anilines is 1. The van der Waals surface area contributed by atoms with E-state index in [1.54, 1.807) is 36.5 Å². The van der Waals surface area contributed by atoms with E-state index in [2.05, 4.69) is 47.3 Å². The van der Waals surface area contributed by atoms with Gasteiger partial charge < -0.3 is 14.5 Å². The van der Waals surface area contributed by atoms with Crippen molar-refractivity contribution >= 4 is 28.9 Å². The quantitative estimate of drug-likeness (QED) is 0.220. The summed E-state index contributed by atoms with van der Waals surface area (Å²) in [7, 11) is 0. The number of cyclic esters (lactones) is 1. The first-order valence-corrected chi connectivity index (χ1v) is 14.5. The van der Waals surface area contributed by atoms with Crippen LogP contribution < -0.4 is 10.2 Å². The first-order chi connectivity index (χ1) is 21.2. The molecule has 1 fully saturated rings. The fraction of sp³-hybridized carbons (Fsp3) is 0.229. The Hall–Kier alpha value is -5.49. The number of aryl methyl sites for hydroxylation is 2. The number of aromatic nitrogens is 2. The highest BCUT2D eigenvalue weighted by Crippen LogP contribution is 2.32. The Balaban J connectivity index is 1.09. The second-order valence-electron chi connectivity index (χ2n) is 11.3. The second-order valence-corrected chi connectivity index (χ2v) is 11.3. The van der Waals surface area contributed by atoms with Crippen LogP contribution in [0.3, 0.4) is 0 Å².